The second-order valence-corrected chi connectivity index (χ2v) is 12.5. The van der Waals surface area contributed by atoms with Crippen molar-refractivity contribution in [2.75, 3.05) is 4.90 Å². The van der Waals surface area contributed by atoms with Crippen molar-refractivity contribution < 1.29 is 83.9 Å². The summed E-state index contributed by atoms with van der Waals surface area (Å²) >= 11 is 0. The van der Waals surface area contributed by atoms with Crippen molar-refractivity contribution in [3.63, 3.8) is 0 Å². The van der Waals surface area contributed by atoms with Gasteiger partial charge >= 0.3 is 247 Å². The molecule has 0 unspecified atom stereocenters. The van der Waals surface area contributed by atoms with E-state index in [9.17, 15) is 9.59 Å². The van der Waals surface area contributed by atoms with Crippen LogP contribution in [-0.4, -0.2) is 20.1 Å². The minimum absolute atomic E-state index is 0. The first-order valence-corrected chi connectivity index (χ1v) is 14.2. The molecule has 0 bridgehead atoms. The van der Waals surface area contributed by atoms with Gasteiger partial charge in [0.2, 0.25) is 0 Å². The number of carbonyl (C=O) groups is 2. The third-order valence-corrected chi connectivity index (χ3v) is 10.7. The molecule has 0 radical (unpaired) electrons. The Bertz CT molecular complexity index is 1390. The monoisotopic (exact) mass is 551 g/mol. The zero-order chi connectivity index (χ0) is 25.6. The van der Waals surface area contributed by atoms with Gasteiger partial charge in [-0.25, -0.2) is 0 Å². The molecule has 38 heavy (non-hydrogen) atoms. The predicted molar refractivity (Wildman–Crippen MR) is 135 cm³/mol. The molecule has 1 saturated heterocycles. The zero-order valence-electron chi connectivity index (χ0n) is 21.0. The number of hydrogen-bond acceptors (Lipinski definition) is 6. The first-order chi connectivity index (χ1) is 18.0. The summed E-state index contributed by atoms with van der Waals surface area (Å²) in [5, 5.41) is 6.63. The van der Waals surface area contributed by atoms with Crippen LogP contribution < -0.4 is 79.3 Å². The normalized spacial score (nSPS) is 23.5. The van der Waals surface area contributed by atoms with E-state index in [0.717, 1.165) is 0 Å². The number of carbonyl (C=O) groups excluding carboxylic acids is 2. The Morgan fingerprint density at radius 3 is 1.66 bits per heavy atom. The molecule has 1 spiro atoms. The minimum atomic E-state index is -4.70. The molecule has 3 heterocycles. The molecular formula is C28H24KN2O6Si+. The largest absolute Gasteiger partial charge is 1.00 e. The van der Waals surface area contributed by atoms with Crippen LogP contribution in [0.1, 0.15) is 19.8 Å². The van der Waals surface area contributed by atoms with Gasteiger partial charge in [-0.2, -0.15) is 0 Å². The Labute approximate surface area is 263 Å². The van der Waals surface area contributed by atoms with Gasteiger partial charge in [0.25, 0.3) is 6.07 Å². The van der Waals surface area contributed by atoms with E-state index in [1.165, 1.54) is 4.90 Å². The van der Waals surface area contributed by atoms with Gasteiger partial charge in [-0.15, -0.1) is 5.26 Å². The third kappa shape index (κ3) is 4.02. The summed E-state index contributed by atoms with van der Waals surface area (Å²) in [5.41, 5.74) is 0.585. The fourth-order valence-electron chi connectivity index (χ4n) is 5.42. The fraction of sp³-hybridized carbons (Fsp3) is 0.179. The maximum absolute atomic E-state index is 13.5. The molecule has 7 rings (SSSR count). The summed E-state index contributed by atoms with van der Waals surface area (Å²) in [6, 6.07) is 25.7. The molecule has 1 N–H and O–H groups in total. The summed E-state index contributed by atoms with van der Waals surface area (Å²) < 4.78 is 26.0. The van der Waals surface area contributed by atoms with Crippen LogP contribution in [0.25, 0.3) is 0 Å². The minimum Gasteiger partial charge on any atom is 1.00 e. The van der Waals surface area contributed by atoms with Crippen LogP contribution in [0, 0.1) is 17.9 Å². The van der Waals surface area contributed by atoms with Crippen molar-refractivity contribution in [3.05, 3.63) is 90.1 Å². The van der Waals surface area contributed by atoms with Crippen LogP contribution in [0.4, 0.5) is 5.69 Å². The molecule has 2 amide bonds. The van der Waals surface area contributed by atoms with Crippen molar-refractivity contribution >= 4 is 25.8 Å². The number of benzene rings is 3. The van der Waals surface area contributed by atoms with Crippen LogP contribution >= 0.6 is 0 Å². The SMILES string of the molecule is CC#[NH+].O=C1[C@H]2CC=C([Si-]34(Oc5ccccc5O3)Oc3ccccc3O4)C[C@H]2C(=O)N1c1ccccc1.[K+]. The van der Waals surface area contributed by atoms with E-state index >= 15 is 0 Å². The van der Waals surface area contributed by atoms with Gasteiger partial charge in [0.1, 0.15) is 0 Å². The predicted octanol–water partition coefficient (Wildman–Crippen LogP) is 0.167. The van der Waals surface area contributed by atoms with Crippen molar-refractivity contribution in [2.45, 2.75) is 19.8 Å². The smallest absolute Gasteiger partial charge is 1.00 e. The average molecular weight is 552 g/mol. The van der Waals surface area contributed by atoms with Crippen LogP contribution in [-0.2, 0) is 9.59 Å². The van der Waals surface area contributed by atoms with E-state index in [2.05, 4.69) is 0 Å². The summed E-state index contributed by atoms with van der Waals surface area (Å²) in [6.45, 7) is 1.54. The zero-order valence-corrected chi connectivity index (χ0v) is 25.2. The van der Waals surface area contributed by atoms with E-state index < -0.39 is 20.2 Å². The van der Waals surface area contributed by atoms with Gasteiger partial charge in [-0.1, -0.05) is 0 Å². The van der Waals surface area contributed by atoms with Gasteiger partial charge in [0.15, 0.2) is 0 Å². The van der Waals surface area contributed by atoms with Gasteiger partial charge in [0, 0.05) is 0 Å². The molecule has 3 aliphatic heterocycles. The molecule has 10 heteroatoms. The summed E-state index contributed by atoms with van der Waals surface area (Å²) in [4.78, 5) is 28.0. The molecule has 3 aromatic rings. The molecule has 1 aliphatic carbocycles. The number of nitrogens with zero attached hydrogens (tertiary/aromatic N) is 1. The number of imide groups is 1. The topological polar surface area (TPSA) is 98.1 Å². The number of allylic oxidation sites excluding steroid dienone is 2. The number of hydrogen-bond donors (Lipinski definition) is 1. The summed E-state index contributed by atoms with van der Waals surface area (Å²) in [5.74, 6) is 0.756. The molecule has 3 aromatic carbocycles. The maximum Gasteiger partial charge on any atom is 1.00 e. The molecule has 2 atom stereocenters. The molecule has 1 fully saturated rings. The number of para-hydroxylation sites is 5. The third-order valence-electron chi connectivity index (χ3n) is 7.00. The molecule has 8 nitrogen and oxygen atoms in total. The molecule has 4 aliphatic rings. The fourth-order valence-corrected chi connectivity index (χ4v) is 9.39. The summed E-state index contributed by atoms with van der Waals surface area (Å²) in [7, 11) is -4.70. The van der Waals surface area contributed by atoms with Crippen molar-refractivity contribution in [1.29, 1.82) is 0 Å². The average Bonchev–Trinajstić information content (AvgIpc) is 3.52. The van der Waals surface area contributed by atoms with Gasteiger partial charge < -0.3 is 0 Å². The van der Waals surface area contributed by atoms with Gasteiger partial charge in [0.05, 0.1) is 6.92 Å². The van der Waals surface area contributed by atoms with Gasteiger partial charge in [-0.3, -0.25) is 0 Å². The quantitative estimate of drug-likeness (QED) is 0.360. The molecule has 0 saturated carbocycles. The Morgan fingerprint density at radius 1 is 0.763 bits per heavy atom. The van der Waals surface area contributed by atoms with E-state index in [0.29, 0.717) is 40.3 Å². The molecular weight excluding hydrogens is 528 g/mol. The van der Waals surface area contributed by atoms with E-state index in [1.807, 2.05) is 78.9 Å². The first-order valence-electron chi connectivity index (χ1n) is 12.1. The number of rotatable bonds is 2. The van der Waals surface area contributed by atoms with Crippen molar-refractivity contribution in [1.82, 2.24) is 0 Å². The molecule has 186 valence electrons. The maximum atomic E-state index is 13.5. The number of anilines is 1. The summed E-state index contributed by atoms with van der Waals surface area (Å²) in [6.07, 6.45) is 2.56. The number of fused-ring (bicyclic) bond motifs is 3. The van der Waals surface area contributed by atoms with Crippen LogP contribution in [0.2, 0.25) is 0 Å². The Balaban J connectivity index is 0.000000704. The standard InChI is InChI=1S/C26H20NO6Si.C2H3N.K/c28-25-19-15-14-18(16-20(19)26(29)27(25)17-8-2-1-3-9-17)34(30-21-10-4-5-11-22(21)31-34)32-23-12-6-7-13-24(23)33-34;1-2-3;/h1-14,19-20H,15-16H2;1H3;/q-1;;+1/p+1/t19-,20+;;/m0../s1. The van der Waals surface area contributed by atoms with Crippen LogP contribution in [0.3, 0.4) is 0 Å². The van der Waals surface area contributed by atoms with E-state index in [1.54, 1.807) is 19.1 Å². The van der Waals surface area contributed by atoms with E-state index in [-0.39, 0.29) is 69.6 Å². The number of amides is 2. The second-order valence-electron chi connectivity index (χ2n) is 9.19. The molecule has 0 aromatic heterocycles. The second kappa shape index (κ2) is 10.00. The Morgan fingerprint density at radius 2 is 1.18 bits per heavy atom. The Kier molecular flexibility index (Phi) is 7.02. The van der Waals surface area contributed by atoms with Crippen LogP contribution in [0.15, 0.2) is 90.1 Å². The number of nitrogens with one attached hydrogen (secondary N) is 1. The first kappa shape index (κ1) is 26.7. The van der Waals surface area contributed by atoms with E-state index in [4.69, 9.17) is 23.0 Å². The van der Waals surface area contributed by atoms with Crippen LogP contribution in [0.5, 0.6) is 23.0 Å². The Hall–Kier alpha value is -2.92. The van der Waals surface area contributed by atoms with Crippen molar-refractivity contribution in [2.24, 2.45) is 11.8 Å². The van der Waals surface area contributed by atoms with Gasteiger partial charge in [-0.05, 0) is 0 Å². The van der Waals surface area contributed by atoms with Crippen molar-refractivity contribution in [3.8, 4) is 29.1 Å².